The first-order chi connectivity index (χ1) is 15.4. The maximum atomic E-state index is 13.9. The van der Waals surface area contributed by atoms with Crippen LogP contribution in [0.3, 0.4) is 0 Å². The van der Waals surface area contributed by atoms with Crippen molar-refractivity contribution in [1.29, 1.82) is 0 Å². The van der Waals surface area contributed by atoms with E-state index in [1.807, 2.05) is 13.0 Å². The van der Waals surface area contributed by atoms with Gasteiger partial charge in [0, 0.05) is 15.7 Å². The Morgan fingerprint density at radius 1 is 1.06 bits per heavy atom. The second-order valence-corrected chi connectivity index (χ2v) is 8.13. The van der Waals surface area contributed by atoms with Crippen molar-refractivity contribution >= 4 is 51.0 Å². The Labute approximate surface area is 190 Å². The van der Waals surface area contributed by atoms with E-state index in [1.54, 1.807) is 24.3 Å². The van der Waals surface area contributed by atoms with Crippen molar-refractivity contribution in [3.63, 3.8) is 0 Å². The molecule has 2 aromatic carbocycles. The van der Waals surface area contributed by atoms with E-state index in [4.69, 9.17) is 23.2 Å². The molecular formula is C22H15Cl2FN6O. The number of rotatable bonds is 4. The second-order valence-electron chi connectivity index (χ2n) is 7.26. The van der Waals surface area contributed by atoms with Gasteiger partial charge >= 0.3 is 0 Å². The predicted octanol–water partition coefficient (Wildman–Crippen LogP) is 5.28. The van der Waals surface area contributed by atoms with Crippen LogP contribution in [-0.2, 0) is 0 Å². The van der Waals surface area contributed by atoms with E-state index < -0.39 is 17.4 Å². The van der Waals surface area contributed by atoms with Crippen molar-refractivity contribution in [3.8, 4) is 5.69 Å². The minimum Gasteiger partial charge on any atom is -0.360 e. The van der Waals surface area contributed by atoms with E-state index in [1.165, 1.54) is 29.4 Å². The molecule has 5 aromatic rings. The molecule has 0 bridgehead atoms. The molecule has 0 saturated carbocycles. The number of nitrogens with zero attached hydrogens (tertiary/aromatic N) is 4. The monoisotopic (exact) mass is 468 g/mol. The summed E-state index contributed by atoms with van der Waals surface area (Å²) in [6, 6.07) is 10.4. The molecule has 3 aromatic heterocycles. The molecule has 3 heterocycles. The molecule has 0 aliphatic heterocycles. The van der Waals surface area contributed by atoms with Crippen LogP contribution >= 0.6 is 23.2 Å². The van der Waals surface area contributed by atoms with Gasteiger partial charge in [-0.05, 0) is 48.7 Å². The lowest BCUT2D eigenvalue weighted by Gasteiger charge is -2.21. The number of nitrogens with one attached hydrogen (secondary N) is 2. The Kier molecular flexibility index (Phi) is 5.03. The number of H-pyrrole nitrogens is 1. The summed E-state index contributed by atoms with van der Waals surface area (Å²) in [5.41, 5.74) is 1.85. The third-order valence-corrected chi connectivity index (χ3v) is 5.57. The van der Waals surface area contributed by atoms with Gasteiger partial charge in [0.1, 0.15) is 17.7 Å². The Morgan fingerprint density at radius 2 is 1.84 bits per heavy atom. The van der Waals surface area contributed by atoms with Crippen molar-refractivity contribution in [3.05, 3.63) is 87.0 Å². The lowest BCUT2D eigenvalue weighted by molar-refractivity contribution is 0.629. The van der Waals surface area contributed by atoms with Gasteiger partial charge in [0.2, 0.25) is 0 Å². The van der Waals surface area contributed by atoms with Crippen LogP contribution in [0.2, 0.25) is 10.0 Å². The maximum absolute atomic E-state index is 13.9. The SMILES string of the molecule is C[C@@H](Nc1ncnc2nc[nH]c12)c1cc2ccc(F)cc2c(=O)n1-c1cc(Cl)cc(Cl)c1. The van der Waals surface area contributed by atoms with Crippen molar-refractivity contribution < 1.29 is 4.39 Å². The van der Waals surface area contributed by atoms with Gasteiger partial charge in [0.05, 0.1) is 23.4 Å². The van der Waals surface area contributed by atoms with Gasteiger partial charge in [-0.3, -0.25) is 9.36 Å². The molecule has 2 N–H and O–H groups in total. The minimum atomic E-state index is -0.494. The molecule has 0 radical (unpaired) electrons. The van der Waals surface area contributed by atoms with E-state index in [9.17, 15) is 9.18 Å². The van der Waals surface area contributed by atoms with Gasteiger partial charge in [-0.15, -0.1) is 0 Å². The number of hydrogen-bond acceptors (Lipinski definition) is 5. The summed E-state index contributed by atoms with van der Waals surface area (Å²) in [7, 11) is 0. The molecule has 0 aliphatic rings. The summed E-state index contributed by atoms with van der Waals surface area (Å²) in [5, 5.41) is 4.91. The molecule has 0 aliphatic carbocycles. The standard InChI is InChI=1S/C22H15Cl2FN6O/c1-11(30-21-19-20(27-9-26-19)28-10-29-21)18-4-12-2-3-15(25)8-17(12)22(32)31(18)16-6-13(23)5-14(24)7-16/h2-11H,1H3,(H2,26,27,28,29,30)/t11-/m1/s1. The number of hydrogen-bond donors (Lipinski definition) is 2. The summed E-state index contributed by atoms with van der Waals surface area (Å²) in [6.07, 6.45) is 2.94. The number of benzene rings is 2. The van der Waals surface area contributed by atoms with E-state index in [0.29, 0.717) is 43.8 Å². The minimum absolute atomic E-state index is 0.245. The summed E-state index contributed by atoms with van der Waals surface area (Å²) < 4.78 is 15.4. The zero-order valence-electron chi connectivity index (χ0n) is 16.6. The number of fused-ring (bicyclic) bond motifs is 2. The van der Waals surface area contributed by atoms with Crippen LogP contribution in [0.4, 0.5) is 10.2 Å². The quantitative estimate of drug-likeness (QED) is 0.374. The highest BCUT2D eigenvalue weighted by atomic mass is 35.5. The second kappa shape index (κ2) is 7.89. The Hall–Kier alpha value is -3.49. The topological polar surface area (TPSA) is 88.5 Å². The van der Waals surface area contributed by atoms with Crippen LogP contribution in [0.1, 0.15) is 18.7 Å². The third-order valence-electron chi connectivity index (χ3n) is 5.14. The highest BCUT2D eigenvalue weighted by Crippen LogP contribution is 2.28. The van der Waals surface area contributed by atoms with E-state index in [-0.39, 0.29) is 5.39 Å². The third kappa shape index (κ3) is 3.57. The molecule has 0 saturated heterocycles. The van der Waals surface area contributed by atoms with Gasteiger partial charge in [0.25, 0.3) is 5.56 Å². The summed E-state index contributed by atoms with van der Waals surface area (Å²) >= 11 is 12.4. The molecule has 7 nitrogen and oxygen atoms in total. The van der Waals surface area contributed by atoms with Crippen LogP contribution in [0.15, 0.2) is 59.9 Å². The lowest BCUT2D eigenvalue weighted by Crippen LogP contribution is -2.25. The molecule has 0 unspecified atom stereocenters. The Morgan fingerprint density at radius 3 is 2.62 bits per heavy atom. The molecule has 32 heavy (non-hydrogen) atoms. The highest BCUT2D eigenvalue weighted by molar-refractivity contribution is 6.34. The van der Waals surface area contributed by atoms with Gasteiger partial charge < -0.3 is 10.3 Å². The number of aromatic nitrogens is 5. The molecule has 160 valence electrons. The molecular weight excluding hydrogens is 454 g/mol. The van der Waals surface area contributed by atoms with E-state index in [0.717, 1.165) is 0 Å². The smallest absolute Gasteiger partial charge is 0.263 e. The van der Waals surface area contributed by atoms with Crippen molar-refractivity contribution in [2.45, 2.75) is 13.0 Å². The van der Waals surface area contributed by atoms with Crippen molar-refractivity contribution in [1.82, 2.24) is 24.5 Å². The number of imidazole rings is 1. The Balaban J connectivity index is 1.73. The fraction of sp³-hybridized carbons (Fsp3) is 0.0909. The predicted molar refractivity (Wildman–Crippen MR) is 123 cm³/mol. The largest absolute Gasteiger partial charge is 0.360 e. The highest BCUT2D eigenvalue weighted by Gasteiger charge is 2.19. The van der Waals surface area contributed by atoms with Crippen LogP contribution in [0.25, 0.3) is 27.6 Å². The van der Waals surface area contributed by atoms with E-state index in [2.05, 4.69) is 25.3 Å². The van der Waals surface area contributed by atoms with Crippen molar-refractivity contribution in [2.75, 3.05) is 5.32 Å². The Bertz CT molecular complexity index is 1530. The number of aromatic amines is 1. The van der Waals surface area contributed by atoms with Gasteiger partial charge in [-0.2, -0.15) is 0 Å². The molecule has 0 spiro atoms. The molecule has 5 rings (SSSR count). The maximum Gasteiger partial charge on any atom is 0.263 e. The van der Waals surface area contributed by atoms with Crippen molar-refractivity contribution in [2.24, 2.45) is 0 Å². The normalized spacial score (nSPS) is 12.4. The van der Waals surface area contributed by atoms with Gasteiger partial charge in [-0.25, -0.2) is 19.3 Å². The number of anilines is 1. The summed E-state index contributed by atoms with van der Waals surface area (Å²) in [5.74, 6) is 0.0363. The van der Waals surface area contributed by atoms with Crippen LogP contribution in [-0.4, -0.2) is 24.5 Å². The summed E-state index contributed by atoms with van der Waals surface area (Å²) in [4.78, 5) is 29.1. The van der Waals surface area contributed by atoms with Gasteiger partial charge in [-0.1, -0.05) is 29.3 Å². The van der Waals surface area contributed by atoms with Crippen LogP contribution in [0, 0.1) is 5.82 Å². The first-order valence-electron chi connectivity index (χ1n) is 9.63. The average molecular weight is 469 g/mol. The number of pyridine rings is 1. The lowest BCUT2D eigenvalue weighted by atomic mass is 10.1. The average Bonchev–Trinajstić information content (AvgIpc) is 3.23. The first-order valence-corrected chi connectivity index (χ1v) is 10.4. The zero-order chi connectivity index (χ0) is 22.4. The van der Waals surface area contributed by atoms with E-state index >= 15 is 0 Å². The summed E-state index contributed by atoms with van der Waals surface area (Å²) in [6.45, 7) is 1.89. The van der Waals surface area contributed by atoms with Crippen LogP contribution < -0.4 is 10.9 Å². The molecule has 10 heteroatoms. The fourth-order valence-electron chi connectivity index (χ4n) is 3.71. The molecule has 1 atom stereocenters. The van der Waals surface area contributed by atoms with Crippen LogP contribution in [0.5, 0.6) is 0 Å². The first kappa shape index (κ1) is 20.4. The molecule has 0 fully saturated rings. The zero-order valence-corrected chi connectivity index (χ0v) is 18.1. The fourth-order valence-corrected chi connectivity index (χ4v) is 4.22. The van der Waals surface area contributed by atoms with Gasteiger partial charge in [0.15, 0.2) is 11.5 Å². The molecule has 0 amide bonds. The number of halogens is 3.